The minimum absolute atomic E-state index is 0.0197. The molecule has 0 aromatic heterocycles. The monoisotopic (exact) mass is 284 g/mol. The van der Waals surface area contributed by atoms with Crippen molar-refractivity contribution in [1.29, 1.82) is 0 Å². The molecule has 0 fully saturated rings. The highest BCUT2D eigenvalue weighted by molar-refractivity contribution is 5.76. The minimum atomic E-state index is -0.0197. The number of hydrogen-bond donors (Lipinski definition) is 2. The number of aryl methyl sites for hydroxylation is 1. The van der Waals surface area contributed by atoms with Gasteiger partial charge in [-0.3, -0.25) is 4.79 Å². The van der Waals surface area contributed by atoms with Crippen LogP contribution in [0.3, 0.4) is 0 Å². The Kier molecular flexibility index (Phi) is 5.21. The molecule has 2 aromatic rings. The van der Waals surface area contributed by atoms with Gasteiger partial charge in [-0.1, -0.05) is 24.3 Å². The third-order valence-electron chi connectivity index (χ3n) is 3.22. The van der Waals surface area contributed by atoms with Gasteiger partial charge >= 0.3 is 0 Å². The largest absolute Gasteiger partial charge is 0.493 e. The highest BCUT2D eigenvalue weighted by atomic mass is 16.5. The molecule has 2 rings (SSSR count). The van der Waals surface area contributed by atoms with Crippen molar-refractivity contribution in [3.63, 3.8) is 0 Å². The SMILES string of the molecule is Cc1ccccc1CNC(=O)CCOc1ccc(N)cc1. The summed E-state index contributed by atoms with van der Waals surface area (Å²) in [6.45, 7) is 2.93. The Morgan fingerprint density at radius 2 is 1.86 bits per heavy atom. The lowest BCUT2D eigenvalue weighted by Gasteiger charge is -2.09. The third-order valence-corrected chi connectivity index (χ3v) is 3.22. The first-order valence-electron chi connectivity index (χ1n) is 6.94. The van der Waals surface area contributed by atoms with E-state index in [2.05, 4.69) is 5.32 Å². The van der Waals surface area contributed by atoms with Gasteiger partial charge in [-0.25, -0.2) is 0 Å². The molecule has 0 heterocycles. The standard InChI is InChI=1S/C17H20N2O2/c1-13-4-2-3-5-14(13)12-19-17(20)10-11-21-16-8-6-15(18)7-9-16/h2-9H,10-12,18H2,1H3,(H,19,20). The van der Waals surface area contributed by atoms with Crippen LogP contribution in [0.15, 0.2) is 48.5 Å². The summed E-state index contributed by atoms with van der Waals surface area (Å²) in [6.07, 6.45) is 0.330. The van der Waals surface area contributed by atoms with Gasteiger partial charge in [0, 0.05) is 12.2 Å². The van der Waals surface area contributed by atoms with Gasteiger partial charge in [-0.05, 0) is 42.3 Å². The highest BCUT2D eigenvalue weighted by Gasteiger charge is 2.03. The molecule has 0 aliphatic carbocycles. The fourth-order valence-electron chi connectivity index (χ4n) is 1.92. The van der Waals surface area contributed by atoms with Crippen LogP contribution in [0.2, 0.25) is 0 Å². The summed E-state index contributed by atoms with van der Waals surface area (Å²) in [6, 6.07) is 15.1. The van der Waals surface area contributed by atoms with Crippen LogP contribution in [0.5, 0.6) is 5.75 Å². The number of hydrogen-bond acceptors (Lipinski definition) is 3. The lowest BCUT2D eigenvalue weighted by molar-refractivity contribution is -0.121. The number of anilines is 1. The number of nitrogens with two attached hydrogens (primary N) is 1. The minimum Gasteiger partial charge on any atom is -0.493 e. The molecule has 0 saturated carbocycles. The van der Waals surface area contributed by atoms with E-state index in [0.717, 1.165) is 11.3 Å². The second-order valence-electron chi connectivity index (χ2n) is 4.87. The van der Waals surface area contributed by atoms with Crippen LogP contribution < -0.4 is 15.8 Å². The van der Waals surface area contributed by atoms with E-state index >= 15 is 0 Å². The topological polar surface area (TPSA) is 64.3 Å². The van der Waals surface area contributed by atoms with Gasteiger partial charge in [-0.2, -0.15) is 0 Å². The number of nitrogen functional groups attached to an aromatic ring is 1. The average molecular weight is 284 g/mol. The van der Waals surface area contributed by atoms with E-state index in [1.807, 2.05) is 31.2 Å². The van der Waals surface area contributed by atoms with Gasteiger partial charge in [0.2, 0.25) is 5.91 Å². The molecule has 0 bridgehead atoms. The molecule has 21 heavy (non-hydrogen) atoms. The Bertz CT molecular complexity index is 594. The van der Waals surface area contributed by atoms with Crippen LogP contribution >= 0.6 is 0 Å². The van der Waals surface area contributed by atoms with E-state index in [-0.39, 0.29) is 5.91 Å². The zero-order valence-corrected chi connectivity index (χ0v) is 12.1. The number of carbonyl (C=O) groups is 1. The molecule has 4 nitrogen and oxygen atoms in total. The first-order valence-corrected chi connectivity index (χ1v) is 6.94. The van der Waals surface area contributed by atoms with E-state index in [0.29, 0.717) is 25.3 Å². The van der Waals surface area contributed by atoms with Crippen molar-refractivity contribution in [2.24, 2.45) is 0 Å². The van der Waals surface area contributed by atoms with Gasteiger partial charge in [-0.15, -0.1) is 0 Å². The van der Waals surface area contributed by atoms with Gasteiger partial charge in [0.15, 0.2) is 0 Å². The first kappa shape index (κ1) is 14.9. The summed E-state index contributed by atoms with van der Waals surface area (Å²) in [5, 5.41) is 2.90. The maximum absolute atomic E-state index is 11.8. The number of nitrogens with one attached hydrogen (secondary N) is 1. The van der Waals surface area contributed by atoms with Crippen molar-refractivity contribution in [3.8, 4) is 5.75 Å². The van der Waals surface area contributed by atoms with Gasteiger partial charge < -0.3 is 15.8 Å². The van der Waals surface area contributed by atoms with E-state index in [4.69, 9.17) is 10.5 Å². The summed E-state index contributed by atoms with van der Waals surface area (Å²) < 4.78 is 5.49. The van der Waals surface area contributed by atoms with Gasteiger partial charge in [0.1, 0.15) is 5.75 Å². The Balaban J connectivity index is 1.70. The molecule has 0 spiro atoms. The fraction of sp³-hybridized carbons (Fsp3) is 0.235. The van der Waals surface area contributed by atoms with Gasteiger partial charge in [0.25, 0.3) is 0 Å². The maximum atomic E-state index is 11.8. The van der Waals surface area contributed by atoms with E-state index in [1.54, 1.807) is 24.3 Å². The molecule has 0 saturated heterocycles. The van der Waals surface area contributed by atoms with Crippen molar-refractivity contribution < 1.29 is 9.53 Å². The molecule has 1 amide bonds. The fourth-order valence-corrected chi connectivity index (χ4v) is 1.92. The number of benzene rings is 2. The Hall–Kier alpha value is -2.49. The third kappa shape index (κ3) is 4.84. The summed E-state index contributed by atoms with van der Waals surface area (Å²) in [7, 11) is 0. The van der Waals surface area contributed by atoms with E-state index in [1.165, 1.54) is 5.56 Å². The lowest BCUT2D eigenvalue weighted by Crippen LogP contribution is -2.24. The van der Waals surface area contributed by atoms with E-state index < -0.39 is 0 Å². The van der Waals surface area contributed by atoms with Gasteiger partial charge in [0.05, 0.1) is 13.0 Å². The molecule has 3 N–H and O–H groups in total. The Labute approximate surface area is 124 Å². The van der Waals surface area contributed by atoms with Crippen LogP contribution in [-0.2, 0) is 11.3 Å². The Morgan fingerprint density at radius 3 is 2.57 bits per heavy atom. The van der Waals surface area contributed by atoms with Crippen LogP contribution in [0.1, 0.15) is 17.5 Å². The molecule has 0 radical (unpaired) electrons. The molecule has 0 aliphatic heterocycles. The molecule has 2 aromatic carbocycles. The summed E-state index contributed by atoms with van der Waals surface area (Å²) in [5.74, 6) is 0.699. The molecule has 0 atom stereocenters. The Morgan fingerprint density at radius 1 is 1.14 bits per heavy atom. The van der Waals surface area contributed by atoms with Crippen LogP contribution in [0.4, 0.5) is 5.69 Å². The van der Waals surface area contributed by atoms with Crippen molar-refractivity contribution >= 4 is 11.6 Å². The normalized spacial score (nSPS) is 10.1. The number of rotatable bonds is 6. The predicted molar refractivity (Wildman–Crippen MR) is 84.0 cm³/mol. The molecular weight excluding hydrogens is 264 g/mol. The number of amides is 1. The summed E-state index contributed by atoms with van der Waals surface area (Å²) >= 11 is 0. The van der Waals surface area contributed by atoms with Crippen LogP contribution in [-0.4, -0.2) is 12.5 Å². The zero-order valence-electron chi connectivity index (χ0n) is 12.1. The lowest BCUT2D eigenvalue weighted by atomic mass is 10.1. The molecular formula is C17H20N2O2. The number of ether oxygens (including phenoxy) is 1. The maximum Gasteiger partial charge on any atom is 0.223 e. The second kappa shape index (κ2) is 7.33. The first-order chi connectivity index (χ1) is 10.1. The van der Waals surface area contributed by atoms with Crippen molar-refractivity contribution in [1.82, 2.24) is 5.32 Å². The molecule has 4 heteroatoms. The quantitative estimate of drug-likeness (QED) is 0.802. The average Bonchev–Trinajstić information content (AvgIpc) is 2.48. The van der Waals surface area contributed by atoms with Crippen LogP contribution in [0.25, 0.3) is 0 Å². The van der Waals surface area contributed by atoms with Crippen LogP contribution in [0, 0.1) is 6.92 Å². The summed E-state index contributed by atoms with van der Waals surface area (Å²) in [5.41, 5.74) is 8.59. The smallest absolute Gasteiger partial charge is 0.223 e. The van der Waals surface area contributed by atoms with Crippen molar-refractivity contribution in [3.05, 3.63) is 59.7 Å². The van der Waals surface area contributed by atoms with E-state index in [9.17, 15) is 4.79 Å². The second-order valence-corrected chi connectivity index (χ2v) is 4.87. The zero-order chi connectivity index (χ0) is 15.1. The highest BCUT2D eigenvalue weighted by Crippen LogP contribution is 2.13. The molecule has 110 valence electrons. The predicted octanol–water partition coefficient (Wildman–Crippen LogP) is 2.66. The van der Waals surface area contributed by atoms with Crippen molar-refractivity contribution in [2.45, 2.75) is 19.9 Å². The molecule has 0 aliphatic rings. The number of carbonyl (C=O) groups excluding carboxylic acids is 1. The molecule has 0 unspecified atom stereocenters. The summed E-state index contributed by atoms with van der Waals surface area (Å²) in [4.78, 5) is 11.8. The van der Waals surface area contributed by atoms with Crippen molar-refractivity contribution in [2.75, 3.05) is 12.3 Å².